The quantitative estimate of drug-likeness (QED) is 0.746. The van der Waals surface area contributed by atoms with Gasteiger partial charge in [-0.05, 0) is 63.6 Å². The van der Waals surface area contributed by atoms with E-state index in [2.05, 4.69) is 21.2 Å². The zero-order chi connectivity index (χ0) is 17.8. The van der Waals surface area contributed by atoms with Crippen LogP contribution in [0.3, 0.4) is 0 Å². The summed E-state index contributed by atoms with van der Waals surface area (Å²) in [4.78, 5) is 25.5. The van der Waals surface area contributed by atoms with Gasteiger partial charge in [-0.2, -0.15) is 0 Å². The minimum atomic E-state index is -1.25. The average molecular weight is 441 g/mol. The number of thiophene rings is 1. The molecule has 2 amide bonds. The number of hydrogen-bond acceptors (Lipinski definition) is 4. The molecule has 5 nitrogen and oxygen atoms in total. The molecule has 1 N–H and O–H groups in total. The number of carbonyl (C=O) groups is 2. The maximum atomic E-state index is 12.1. The molecule has 2 aromatic rings. The van der Waals surface area contributed by atoms with E-state index in [9.17, 15) is 13.8 Å². The van der Waals surface area contributed by atoms with Gasteiger partial charge >= 0.3 is 0 Å². The molecular formula is C17H17BrN2O3S2. The topological polar surface area (TPSA) is 66.5 Å². The van der Waals surface area contributed by atoms with Gasteiger partial charge in [-0.3, -0.25) is 13.8 Å². The zero-order valence-electron chi connectivity index (χ0n) is 13.4. The highest BCUT2D eigenvalue weighted by atomic mass is 79.9. The van der Waals surface area contributed by atoms with E-state index < -0.39 is 10.8 Å². The molecule has 1 atom stereocenters. The van der Waals surface area contributed by atoms with Crippen molar-refractivity contribution in [3.05, 3.63) is 45.1 Å². The van der Waals surface area contributed by atoms with Crippen molar-refractivity contribution in [1.82, 2.24) is 0 Å². The molecule has 0 spiro atoms. The number of hydrogen-bond donors (Lipinski definition) is 1. The van der Waals surface area contributed by atoms with Crippen LogP contribution < -0.4 is 10.2 Å². The molecule has 0 aliphatic carbocycles. The van der Waals surface area contributed by atoms with Gasteiger partial charge in [-0.15, -0.1) is 11.3 Å². The monoisotopic (exact) mass is 440 g/mol. The van der Waals surface area contributed by atoms with E-state index in [0.29, 0.717) is 17.9 Å². The molecule has 1 saturated heterocycles. The van der Waals surface area contributed by atoms with Gasteiger partial charge in [0.1, 0.15) is 5.75 Å². The van der Waals surface area contributed by atoms with Gasteiger partial charge in [0.2, 0.25) is 11.8 Å². The van der Waals surface area contributed by atoms with Crippen LogP contribution in [0.4, 0.5) is 11.4 Å². The van der Waals surface area contributed by atoms with Crippen molar-refractivity contribution in [1.29, 1.82) is 0 Å². The molecule has 25 heavy (non-hydrogen) atoms. The molecule has 1 aromatic heterocycles. The summed E-state index contributed by atoms with van der Waals surface area (Å²) in [6, 6.07) is 9.08. The second-order valence-corrected chi connectivity index (χ2v) is 9.48. The molecule has 2 heterocycles. The highest BCUT2D eigenvalue weighted by Crippen LogP contribution is 2.23. The Morgan fingerprint density at radius 1 is 1.32 bits per heavy atom. The Balaban J connectivity index is 1.52. The van der Waals surface area contributed by atoms with Gasteiger partial charge in [0.15, 0.2) is 0 Å². The minimum Gasteiger partial charge on any atom is -0.325 e. The Morgan fingerprint density at radius 2 is 2.08 bits per heavy atom. The first-order valence-corrected chi connectivity index (χ1v) is 11.0. The number of nitrogens with one attached hydrogen (secondary N) is 1. The molecule has 0 unspecified atom stereocenters. The van der Waals surface area contributed by atoms with Gasteiger partial charge in [-0.25, -0.2) is 0 Å². The Kier molecular flexibility index (Phi) is 6.03. The van der Waals surface area contributed by atoms with E-state index >= 15 is 0 Å². The molecule has 1 aliphatic rings. The van der Waals surface area contributed by atoms with E-state index in [0.717, 1.165) is 28.0 Å². The zero-order valence-corrected chi connectivity index (χ0v) is 16.6. The minimum absolute atomic E-state index is 0.0418. The number of halogens is 1. The number of benzene rings is 1. The lowest BCUT2D eigenvalue weighted by atomic mass is 10.2. The maximum absolute atomic E-state index is 12.1. The molecule has 0 radical (unpaired) electrons. The SMILES string of the molecule is O=C(C[S@](=O)Cc1csc(Br)c1)Nc1ccc(N2CCCC2=O)cc1. The van der Waals surface area contributed by atoms with Crippen LogP contribution in [-0.4, -0.2) is 28.3 Å². The van der Waals surface area contributed by atoms with E-state index in [4.69, 9.17) is 0 Å². The van der Waals surface area contributed by atoms with Crippen molar-refractivity contribution in [2.24, 2.45) is 0 Å². The number of nitrogens with zero attached hydrogens (tertiary/aromatic N) is 1. The van der Waals surface area contributed by atoms with Crippen LogP contribution >= 0.6 is 27.3 Å². The summed E-state index contributed by atoms with van der Waals surface area (Å²) in [7, 11) is -1.25. The fourth-order valence-electron chi connectivity index (χ4n) is 2.65. The summed E-state index contributed by atoms with van der Waals surface area (Å²) in [6.07, 6.45) is 1.47. The molecule has 132 valence electrons. The van der Waals surface area contributed by atoms with Crippen LogP contribution in [0.1, 0.15) is 18.4 Å². The van der Waals surface area contributed by atoms with Crippen LogP contribution in [0.25, 0.3) is 0 Å². The van der Waals surface area contributed by atoms with Gasteiger partial charge < -0.3 is 10.2 Å². The van der Waals surface area contributed by atoms with E-state index in [-0.39, 0.29) is 17.6 Å². The molecule has 8 heteroatoms. The second kappa shape index (κ2) is 8.25. The molecule has 1 aromatic carbocycles. The van der Waals surface area contributed by atoms with Crippen molar-refractivity contribution in [3.8, 4) is 0 Å². The third kappa shape index (κ3) is 4.99. The predicted molar refractivity (Wildman–Crippen MR) is 105 cm³/mol. The Bertz CT molecular complexity index is 804. The predicted octanol–water partition coefficient (Wildman–Crippen LogP) is 3.52. The molecule has 0 saturated carbocycles. The number of carbonyl (C=O) groups excluding carboxylic acids is 2. The van der Waals surface area contributed by atoms with E-state index in [1.165, 1.54) is 11.3 Å². The third-order valence-electron chi connectivity index (χ3n) is 3.78. The fourth-order valence-corrected chi connectivity index (χ4v) is 4.97. The lowest BCUT2D eigenvalue weighted by Gasteiger charge is -2.16. The van der Waals surface area contributed by atoms with Gasteiger partial charge in [-0.1, -0.05) is 0 Å². The summed E-state index contributed by atoms with van der Waals surface area (Å²) >= 11 is 4.90. The van der Waals surface area contributed by atoms with Crippen molar-refractivity contribution in [3.63, 3.8) is 0 Å². The molecule has 1 aliphatic heterocycles. The number of amides is 2. The number of anilines is 2. The Morgan fingerprint density at radius 3 is 2.68 bits per heavy atom. The third-order valence-corrected chi connectivity index (χ3v) is 6.57. The summed E-state index contributed by atoms with van der Waals surface area (Å²) < 4.78 is 13.1. The first-order chi connectivity index (χ1) is 12.0. The first kappa shape index (κ1) is 18.3. The van der Waals surface area contributed by atoms with Crippen LogP contribution in [0.2, 0.25) is 0 Å². The highest BCUT2D eigenvalue weighted by Gasteiger charge is 2.21. The van der Waals surface area contributed by atoms with Crippen LogP contribution in [-0.2, 0) is 26.1 Å². The lowest BCUT2D eigenvalue weighted by Crippen LogP contribution is -2.23. The van der Waals surface area contributed by atoms with Crippen molar-refractivity contribution in [2.45, 2.75) is 18.6 Å². The smallest absolute Gasteiger partial charge is 0.237 e. The maximum Gasteiger partial charge on any atom is 0.237 e. The van der Waals surface area contributed by atoms with Gasteiger partial charge in [0, 0.05) is 40.9 Å². The number of rotatable bonds is 6. The van der Waals surface area contributed by atoms with Crippen molar-refractivity contribution in [2.75, 3.05) is 22.5 Å². The molecule has 3 rings (SSSR count). The normalized spacial score (nSPS) is 15.4. The van der Waals surface area contributed by atoms with Crippen LogP contribution in [0, 0.1) is 0 Å². The Labute approximate surface area is 161 Å². The van der Waals surface area contributed by atoms with Gasteiger partial charge in [0.05, 0.1) is 3.79 Å². The van der Waals surface area contributed by atoms with Crippen LogP contribution in [0.15, 0.2) is 39.5 Å². The summed E-state index contributed by atoms with van der Waals surface area (Å²) in [6.45, 7) is 0.738. The van der Waals surface area contributed by atoms with E-state index in [1.54, 1.807) is 17.0 Å². The highest BCUT2D eigenvalue weighted by molar-refractivity contribution is 9.11. The molecule has 0 bridgehead atoms. The largest absolute Gasteiger partial charge is 0.325 e. The standard InChI is InChI=1S/C17H17BrN2O3S2/c18-15-8-12(9-24-15)10-25(23)11-16(21)19-13-3-5-14(6-4-13)20-7-1-2-17(20)22/h3-6,8-9H,1-2,7,10-11H2,(H,19,21)/t25-/m1/s1. The lowest BCUT2D eigenvalue weighted by molar-refractivity contribution is -0.117. The van der Waals surface area contributed by atoms with Crippen molar-refractivity contribution < 1.29 is 13.8 Å². The van der Waals surface area contributed by atoms with Crippen LogP contribution in [0.5, 0.6) is 0 Å². The summed E-state index contributed by atoms with van der Waals surface area (Å²) in [5, 5.41) is 4.68. The first-order valence-electron chi connectivity index (χ1n) is 7.79. The van der Waals surface area contributed by atoms with Gasteiger partial charge in [0.25, 0.3) is 0 Å². The van der Waals surface area contributed by atoms with Crippen molar-refractivity contribution >= 4 is 61.3 Å². The molecular weight excluding hydrogens is 424 g/mol. The van der Waals surface area contributed by atoms with E-state index in [1.807, 2.05) is 23.6 Å². The second-order valence-electron chi connectivity index (χ2n) is 5.73. The fraction of sp³-hybridized carbons (Fsp3) is 0.294. The molecule has 1 fully saturated rings. The average Bonchev–Trinajstić information content (AvgIpc) is 3.16. The Hall–Kier alpha value is -1.51. The summed E-state index contributed by atoms with van der Waals surface area (Å²) in [5.41, 5.74) is 2.44. The summed E-state index contributed by atoms with van der Waals surface area (Å²) in [5.74, 6) is 0.176.